The van der Waals surface area contributed by atoms with Crippen LogP contribution in [0.5, 0.6) is 0 Å². The van der Waals surface area contributed by atoms with Crippen LogP contribution in [-0.2, 0) is 18.3 Å². The average molecular weight is 363 g/mol. The second-order valence-electron chi connectivity index (χ2n) is 8.29. The summed E-state index contributed by atoms with van der Waals surface area (Å²) in [5.74, 6) is 2.81. The minimum absolute atomic E-state index is 0.527. The molecule has 7 nitrogen and oxygen atoms in total. The van der Waals surface area contributed by atoms with Gasteiger partial charge in [-0.15, -0.1) is 10.2 Å². The third-order valence-corrected chi connectivity index (χ3v) is 6.49. The van der Waals surface area contributed by atoms with Crippen LogP contribution in [0.2, 0.25) is 0 Å². The van der Waals surface area contributed by atoms with E-state index in [0.29, 0.717) is 5.92 Å². The first kappa shape index (κ1) is 18.3. The third kappa shape index (κ3) is 4.11. The Hall–Kier alpha value is -1.02. The van der Waals surface area contributed by atoms with Gasteiger partial charge >= 0.3 is 0 Å². The van der Waals surface area contributed by atoms with Crippen molar-refractivity contribution in [3.8, 4) is 0 Å². The van der Waals surface area contributed by atoms with Crippen molar-refractivity contribution < 1.29 is 4.74 Å². The second-order valence-corrected chi connectivity index (χ2v) is 8.29. The summed E-state index contributed by atoms with van der Waals surface area (Å²) in [6.45, 7) is 9.42. The Morgan fingerprint density at radius 3 is 2.50 bits per heavy atom. The van der Waals surface area contributed by atoms with Gasteiger partial charge in [-0.25, -0.2) is 0 Å². The summed E-state index contributed by atoms with van der Waals surface area (Å²) in [4.78, 5) is 7.61. The average Bonchev–Trinajstić information content (AvgIpc) is 3.04. The van der Waals surface area contributed by atoms with Gasteiger partial charge in [-0.1, -0.05) is 0 Å². The van der Waals surface area contributed by atoms with Gasteiger partial charge in [0.15, 0.2) is 0 Å². The van der Waals surface area contributed by atoms with Gasteiger partial charge in [-0.3, -0.25) is 9.80 Å². The van der Waals surface area contributed by atoms with Gasteiger partial charge in [0.2, 0.25) is 0 Å². The molecule has 1 aromatic heterocycles. The molecule has 3 aliphatic rings. The zero-order chi connectivity index (χ0) is 17.9. The van der Waals surface area contributed by atoms with Crippen LogP contribution in [0.25, 0.3) is 0 Å². The molecule has 3 fully saturated rings. The fraction of sp³-hybridized carbons (Fsp3) is 0.895. The number of hydrogen-bond donors (Lipinski definition) is 0. The Labute approximate surface area is 157 Å². The number of aromatic nitrogens is 3. The monoisotopic (exact) mass is 362 g/mol. The molecular formula is C19H34N6O. The minimum atomic E-state index is 0.527. The molecule has 0 unspecified atom stereocenters. The Morgan fingerprint density at radius 2 is 1.73 bits per heavy atom. The van der Waals surface area contributed by atoms with Crippen LogP contribution in [0.15, 0.2) is 0 Å². The Balaban J connectivity index is 1.39. The largest absolute Gasteiger partial charge is 0.379 e. The molecule has 7 heteroatoms. The number of nitrogens with zero attached hydrogens (tertiary/aromatic N) is 6. The smallest absolute Gasteiger partial charge is 0.146 e. The van der Waals surface area contributed by atoms with Crippen molar-refractivity contribution in [2.45, 2.75) is 44.2 Å². The predicted molar refractivity (Wildman–Crippen MR) is 101 cm³/mol. The van der Waals surface area contributed by atoms with E-state index in [-0.39, 0.29) is 0 Å². The highest BCUT2D eigenvalue weighted by molar-refractivity contribution is 5.04. The van der Waals surface area contributed by atoms with Crippen molar-refractivity contribution in [3.63, 3.8) is 0 Å². The summed E-state index contributed by atoms with van der Waals surface area (Å²) in [5.41, 5.74) is 0. The van der Waals surface area contributed by atoms with Gasteiger partial charge in [-0.2, -0.15) is 0 Å². The van der Waals surface area contributed by atoms with Crippen LogP contribution in [0.3, 0.4) is 0 Å². The molecule has 0 bridgehead atoms. The number of morpholine rings is 1. The Morgan fingerprint density at radius 1 is 0.962 bits per heavy atom. The van der Waals surface area contributed by atoms with Gasteiger partial charge in [0, 0.05) is 38.6 Å². The molecule has 146 valence electrons. The number of likely N-dealkylation sites (tertiary alicyclic amines) is 2. The van der Waals surface area contributed by atoms with E-state index in [2.05, 4.69) is 43.6 Å². The zero-order valence-electron chi connectivity index (χ0n) is 16.4. The quantitative estimate of drug-likeness (QED) is 0.794. The van der Waals surface area contributed by atoms with Crippen molar-refractivity contribution in [1.29, 1.82) is 0 Å². The summed E-state index contributed by atoms with van der Waals surface area (Å²) >= 11 is 0. The van der Waals surface area contributed by atoms with Crippen LogP contribution in [0.4, 0.5) is 0 Å². The van der Waals surface area contributed by atoms with E-state index in [1.807, 2.05) is 0 Å². The Kier molecular flexibility index (Phi) is 5.88. The molecule has 4 rings (SSSR count). The van der Waals surface area contributed by atoms with E-state index in [1.54, 1.807) is 0 Å². The maximum atomic E-state index is 5.45. The normalized spacial score (nSPS) is 27.8. The molecule has 26 heavy (non-hydrogen) atoms. The molecule has 0 amide bonds. The van der Waals surface area contributed by atoms with E-state index in [0.717, 1.165) is 51.3 Å². The molecule has 4 heterocycles. The SMILES string of the molecule is CN1CCC(N2CCC[C@@H](c3nnc(CN4CCOCC4)n3C)C2)CC1. The summed E-state index contributed by atoms with van der Waals surface area (Å²) in [6.07, 6.45) is 5.14. The lowest BCUT2D eigenvalue weighted by atomic mass is 9.93. The van der Waals surface area contributed by atoms with Crippen LogP contribution < -0.4 is 0 Å². The minimum Gasteiger partial charge on any atom is -0.379 e. The summed E-state index contributed by atoms with van der Waals surface area (Å²) in [5, 5.41) is 9.15. The standard InChI is InChI=1S/C19H34N6O/c1-22-8-5-17(6-9-22)25-7-3-4-16(14-25)19-21-20-18(23(19)2)15-24-10-12-26-13-11-24/h16-17H,3-15H2,1-2H3/t16-/m1/s1. The van der Waals surface area contributed by atoms with Crippen molar-refractivity contribution in [3.05, 3.63) is 11.6 Å². The number of ether oxygens (including phenoxy) is 1. The molecule has 0 spiro atoms. The van der Waals surface area contributed by atoms with Gasteiger partial charge in [-0.05, 0) is 52.4 Å². The van der Waals surface area contributed by atoms with E-state index >= 15 is 0 Å². The first-order valence-electron chi connectivity index (χ1n) is 10.3. The van der Waals surface area contributed by atoms with Gasteiger partial charge in [0.05, 0.1) is 19.8 Å². The van der Waals surface area contributed by atoms with Crippen molar-refractivity contribution >= 4 is 0 Å². The predicted octanol–water partition coefficient (Wildman–Crippen LogP) is 0.921. The molecule has 1 aromatic rings. The van der Waals surface area contributed by atoms with Crippen LogP contribution in [-0.4, -0.2) is 95.0 Å². The fourth-order valence-corrected chi connectivity index (χ4v) is 4.74. The first-order chi connectivity index (χ1) is 12.7. The maximum absolute atomic E-state index is 5.45. The van der Waals surface area contributed by atoms with Crippen molar-refractivity contribution in [2.75, 3.05) is 59.5 Å². The highest BCUT2D eigenvalue weighted by Gasteiger charge is 2.31. The fourth-order valence-electron chi connectivity index (χ4n) is 4.74. The molecule has 0 saturated carbocycles. The van der Waals surface area contributed by atoms with Crippen LogP contribution in [0.1, 0.15) is 43.3 Å². The number of hydrogen-bond acceptors (Lipinski definition) is 6. The van der Waals surface area contributed by atoms with Gasteiger partial charge in [0.1, 0.15) is 11.6 Å². The van der Waals surface area contributed by atoms with Gasteiger partial charge < -0.3 is 14.2 Å². The third-order valence-electron chi connectivity index (χ3n) is 6.49. The van der Waals surface area contributed by atoms with E-state index in [4.69, 9.17) is 4.74 Å². The van der Waals surface area contributed by atoms with E-state index < -0.39 is 0 Å². The topological polar surface area (TPSA) is 49.7 Å². The maximum Gasteiger partial charge on any atom is 0.146 e. The van der Waals surface area contributed by atoms with Gasteiger partial charge in [0.25, 0.3) is 0 Å². The number of piperidine rings is 2. The summed E-state index contributed by atoms with van der Waals surface area (Å²) in [7, 11) is 4.39. The van der Waals surface area contributed by atoms with Crippen molar-refractivity contribution in [2.24, 2.45) is 7.05 Å². The molecule has 0 aliphatic carbocycles. The van der Waals surface area contributed by atoms with E-state index in [9.17, 15) is 0 Å². The number of rotatable bonds is 4. The molecule has 0 radical (unpaired) electrons. The highest BCUT2D eigenvalue weighted by atomic mass is 16.5. The summed E-state index contributed by atoms with van der Waals surface area (Å²) < 4.78 is 7.71. The lowest BCUT2D eigenvalue weighted by molar-refractivity contribution is 0.0326. The zero-order valence-corrected chi connectivity index (χ0v) is 16.4. The Bertz CT molecular complexity index is 577. The second kappa shape index (κ2) is 8.33. The lowest BCUT2D eigenvalue weighted by Gasteiger charge is -2.41. The van der Waals surface area contributed by atoms with E-state index in [1.165, 1.54) is 51.1 Å². The first-order valence-corrected chi connectivity index (χ1v) is 10.3. The molecule has 3 saturated heterocycles. The van der Waals surface area contributed by atoms with Crippen LogP contribution in [0, 0.1) is 0 Å². The molecule has 0 aromatic carbocycles. The molecule has 1 atom stereocenters. The molecular weight excluding hydrogens is 328 g/mol. The van der Waals surface area contributed by atoms with Crippen LogP contribution >= 0.6 is 0 Å². The lowest BCUT2D eigenvalue weighted by Crippen LogP contribution is -2.47. The molecule has 3 aliphatic heterocycles. The summed E-state index contributed by atoms with van der Waals surface area (Å²) in [6, 6.07) is 0.759. The highest BCUT2D eigenvalue weighted by Crippen LogP contribution is 2.29. The molecule has 0 N–H and O–H groups in total. The van der Waals surface area contributed by atoms with Crippen molar-refractivity contribution in [1.82, 2.24) is 29.5 Å².